The average Bonchev–Trinajstić information content (AvgIpc) is 0.811. The van der Waals surface area contributed by atoms with E-state index in [1.54, 1.807) is 0 Å². The summed E-state index contributed by atoms with van der Waals surface area (Å²) in [6, 6.07) is 0. The summed E-state index contributed by atoms with van der Waals surface area (Å²) in [5.74, 6) is 0. The third-order valence-corrected chi connectivity index (χ3v) is 0. The Balaban J connectivity index is -0.0000000150. The van der Waals surface area contributed by atoms with E-state index in [1.165, 1.54) is 0 Å². The van der Waals surface area contributed by atoms with Gasteiger partial charge in [0.25, 0.3) is 0 Å². The van der Waals surface area contributed by atoms with Gasteiger partial charge < -0.3 is 16.5 Å². The molecule has 0 aromatic carbocycles. The molecule has 6 heavy (non-hydrogen) atoms. The van der Waals surface area contributed by atoms with Crippen LogP contribution in [-0.2, 0) is 0 Å². The molecule has 0 bridgehead atoms. The Labute approximate surface area is 87.7 Å². The van der Waals surface area contributed by atoms with Gasteiger partial charge in [-0.05, 0) is 0 Å². The minimum absolute atomic E-state index is 0. The van der Waals surface area contributed by atoms with Crippen LogP contribution in [-0.4, -0.2) is 22.4 Å². The molecule has 6 heteroatoms. The molecule has 3 N–H and O–H groups in total. The van der Waals surface area contributed by atoms with Crippen LogP contribution >= 0.6 is 0 Å². The Morgan fingerprint density at radius 2 is 1.17 bits per heavy atom. The molecule has 29 valence electrons. The molecule has 0 saturated carbocycles. The maximum atomic E-state index is 7.17. The van der Waals surface area contributed by atoms with Crippen molar-refractivity contribution in [2.24, 2.45) is 0 Å². The smallest absolute Gasteiger partial charge is 1.00 e. The number of hydrogen-bond donors (Lipinski definition) is 3. The summed E-state index contributed by atoms with van der Waals surface area (Å²) < 4.78 is 0. The molecular weight excluding hydrogens is 221 g/mol. The molecule has 0 aliphatic carbocycles. The van der Waals surface area contributed by atoms with Gasteiger partial charge >= 0.3 is 36.9 Å². The van der Waals surface area contributed by atoms with Gasteiger partial charge in [-0.1, -0.05) is 0 Å². The molecule has 1 radical (unpaired) electrons. The van der Waals surface area contributed by atoms with Gasteiger partial charge in [-0.3, -0.25) is 0 Å². The van der Waals surface area contributed by atoms with Crippen molar-refractivity contribution < 1.29 is 81.7 Å². The van der Waals surface area contributed by atoms with Gasteiger partial charge in [-0.25, -0.2) is 0 Å². The molecular formula is H4BLaNaO3. The van der Waals surface area contributed by atoms with E-state index in [0.717, 1.165) is 0 Å². The van der Waals surface area contributed by atoms with Crippen molar-refractivity contribution in [3.8, 4) is 0 Å². The van der Waals surface area contributed by atoms with Crippen LogP contribution in [0.1, 0.15) is 1.43 Å². The first-order valence-corrected chi connectivity index (χ1v) is 0.775. The predicted molar refractivity (Wildman–Crippen MR) is 13.5 cm³/mol. The Bertz CT molecular complexity index is 19.7. The van der Waals surface area contributed by atoms with Crippen molar-refractivity contribution in [3.05, 3.63) is 0 Å². The second-order valence-electron chi connectivity index (χ2n) is 0.346. The largest absolute Gasteiger partial charge is 1.00 e. The number of hydrogen-bond acceptors (Lipinski definition) is 3. The molecule has 0 heterocycles. The van der Waals surface area contributed by atoms with E-state index in [4.69, 9.17) is 15.1 Å². The van der Waals surface area contributed by atoms with Gasteiger partial charge in [-0.15, -0.1) is 0 Å². The standard InChI is InChI=1S/BH3O3.La.Na.H/c2-1(3)4;;;/h2-4H;;;/q;;+1;-1. The molecule has 0 fully saturated rings. The topological polar surface area (TPSA) is 60.7 Å². The van der Waals surface area contributed by atoms with Gasteiger partial charge in [0.2, 0.25) is 0 Å². The van der Waals surface area contributed by atoms with E-state index < -0.39 is 7.32 Å². The predicted octanol–water partition coefficient (Wildman–Crippen LogP) is -4.94. The zero-order valence-electron chi connectivity index (χ0n) is 4.50. The van der Waals surface area contributed by atoms with Crippen LogP contribution in [0.5, 0.6) is 0 Å². The minimum atomic E-state index is -2.17. The summed E-state index contributed by atoms with van der Waals surface area (Å²) in [4.78, 5) is 0. The maximum absolute atomic E-state index is 7.17. The molecule has 0 atom stereocenters. The molecule has 0 amide bonds. The quantitative estimate of drug-likeness (QED) is 0.362. The van der Waals surface area contributed by atoms with Crippen LogP contribution in [0.4, 0.5) is 0 Å². The average molecular weight is 225 g/mol. The van der Waals surface area contributed by atoms with Crippen molar-refractivity contribution in [2.45, 2.75) is 0 Å². The van der Waals surface area contributed by atoms with E-state index in [1.807, 2.05) is 0 Å². The summed E-state index contributed by atoms with van der Waals surface area (Å²) in [5, 5.41) is 21.5. The zero-order valence-corrected chi connectivity index (χ0v) is 9.12. The van der Waals surface area contributed by atoms with Crippen LogP contribution in [0.25, 0.3) is 0 Å². The fourth-order valence-corrected chi connectivity index (χ4v) is 0. The fraction of sp³-hybridized carbons (Fsp3) is 0. The van der Waals surface area contributed by atoms with Crippen LogP contribution in [0.3, 0.4) is 0 Å². The Hall–Kier alpha value is 2.14. The molecule has 0 aromatic rings. The van der Waals surface area contributed by atoms with E-state index in [0.29, 0.717) is 0 Å². The van der Waals surface area contributed by atoms with Crippen LogP contribution < -0.4 is 29.6 Å². The summed E-state index contributed by atoms with van der Waals surface area (Å²) in [6.07, 6.45) is 0. The molecule has 0 spiro atoms. The second-order valence-corrected chi connectivity index (χ2v) is 0.346. The van der Waals surface area contributed by atoms with E-state index in [-0.39, 0.29) is 66.6 Å². The monoisotopic (exact) mass is 225 g/mol. The first-order chi connectivity index (χ1) is 1.73. The van der Waals surface area contributed by atoms with Crippen molar-refractivity contribution in [1.82, 2.24) is 0 Å². The summed E-state index contributed by atoms with van der Waals surface area (Å²) in [5.41, 5.74) is 0. The molecule has 0 rings (SSSR count). The number of rotatable bonds is 0. The van der Waals surface area contributed by atoms with E-state index >= 15 is 0 Å². The molecule has 0 saturated heterocycles. The van der Waals surface area contributed by atoms with Gasteiger partial charge in [0.15, 0.2) is 0 Å². The summed E-state index contributed by atoms with van der Waals surface area (Å²) >= 11 is 0. The maximum Gasteiger partial charge on any atom is 1.00 e. The third-order valence-electron chi connectivity index (χ3n) is 0. The Morgan fingerprint density at radius 1 is 1.17 bits per heavy atom. The molecule has 0 aliphatic rings. The Morgan fingerprint density at radius 3 is 1.17 bits per heavy atom. The first-order valence-electron chi connectivity index (χ1n) is 0.775. The first kappa shape index (κ1) is 15.7. The SMILES string of the molecule is OB(O)O.[H-].[La].[Na+]. The molecule has 3 nitrogen and oxygen atoms in total. The normalized spacial score (nSPS) is 4.50. The molecule has 0 unspecified atom stereocenters. The van der Waals surface area contributed by atoms with E-state index in [2.05, 4.69) is 0 Å². The second kappa shape index (κ2) is 10.2. The van der Waals surface area contributed by atoms with Crippen LogP contribution in [0, 0.1) is 35.6 Å². The third kappa shape index (κ3) is 35.4. The van der Waals surface area contributed by atoms with Gasteiger partial charge in [0.1, 0.15) is 0 Å². The minimum Gasteiger partial charge on any atom is -1.00 e. The van der Waals surface area contributed by atoms with Gasteiger partial charge in [-0.2, -0.15) is 0 Å². The summed E-state index contributed by atoms with van der Waals surface area (Å²) in [7, 11) is -2.17. The van der Waals surface area contributed by atoms with Gasteiger partial charge in [0, 0.05) is 35.6 Å². The van der Waals surface area contributed by atoms with E-state index in [9.17, 15) is 0 Å². The van der Waals surface area contributed by atoms with Gasteiger partial charge in [0.05, 0.1) is 0 Å². The summed E-state index contributed by atoms with van der Waals surface area (Å²) in [6.45, 7) is 0. The Kier molecular flexibility index (Phi) is 26.7. The molecule has 0 aliphatic heterocycles. The van der Waals surface area contributed by atoms with Crippen LogP contribution in [0.2, 0.25) is 0 Å². The van der Waals surface area contributed by atoms with Crippen molar-refractivity contribution in [2.75, 3.05) is 0 Å². The zero-order chi connectivity index (χ0) is 3.58. The van der Waals surface area contributed by atoms with Crippen LogP contribution in [0.15, 0.2) is 0 Å². The van der Waals surface area contributed by atoms with Crippen molar-refractivity contribution in [3.63, 3.8) is 0 Å². The fourth-order valence-electron chi connectivity index (χ4n) is 0. The molecule has 0 aromatic heterocycles. The van der Waals surface area contributed by atoms with Crippen molar-refractivity contribution in [1.29, 1.82) is 0 Å². The van der Waals surface area contributed by atoms with Crippen molar-refractivity contribution >= 4 is 7.32 Å².